The standard InChI is InChI=1S/C15H22N2O/c1-9-7-10(2)13(11(3)8-9)14-12(15(16)18)5-4-6-17-14/h7-8,12,14,17H,4-6H2,1-3H3,(H2,16,18). The summed E-state index contributed by atoms with van der Waals surface area (Å²) in [4.78, 5) is 11.6. The molecular weight excluding hydrogens is 224 g/mol. The van der Waals surface area contributed by atoms with Gasteiger partial charge in [0, 0.05) is 6.04 Å². The fourth-order valence-electron chi connectivity index (χ4n) is 3.18. The molecule has 1 aromatic carbocycles. The summed E-state index contributed by atoms with van der Waals surface area (Å²) in [5.74, 6) is -0.273. The van der Waals surface area contributed by atoms with Crippen molar-refractivity contribution in [2.75, 3.05) is 6.54 Å². The summed E-state index contributed by atoms with van der Waals surface area (Å²) in [6.07, 6.45) is 1.91. The van der Waals surface area contributed by atoms with Crippen LogP contribution in [0.4, 0.5) is 0 Å². The van der Waals surface area contributed by atoms with Crippen molar-refractivity contribution in [3.8, 4) is 0 Å². The zero-order valence-electron chi connectivity index (χ0n) is 11.4. The summed E-state index contributed by atoms with van der Waals surface area (Å²) < 4.78 is 0. The van der Waals surface area contributed by atoms with E-state index in [0.717, 1.165) is 19.4 Å². The molecule has 0 aliphatic carbocycles. The lowest BCUT2D eigenvalue weighted by Gasteiger charge is -2.33. The molecule has 2 rings (SSSR count). The van der Waals surface area contributed by atoms with E-state index in [1.807, 2.05) is 0 Å². The third-order valence-corrected chi connectivity index (χ3v) is 3.87. The van der Waals surface area contributed by atoms with Crippen molar-refractivity contribution in [2.45, 2.75) is 39.7 Å². The van der Waals surface area contributed by atoms with Crippen LogP contribution in [-0.2, 0) is 4.79 Å². The molecule has 0 bridgehead atoms. The molecule has 2 unspecified atom stereocenters. The van der Waals surface area contributed by atoms with Gasteiger partial charge in [-0.05, 0) is 56.8 Å². The molecule has 1 aliphatic rings. The number of carbonyl (C=O) groups excluding carboxylic acids is 1. The topological polar surface area (TPSA) is 55.1 Å². The highest BCUT2D eigenvalue weighted by Crippen LogP contribution is 2.33. The zero-order chi connectivity index (χ0) is 13.3. The van der Waals surface area contributed by atoms with E-state index in [0.29, 0.717) is 0 Å². The molecule has 0 radical (unpaired) electrons. The van der Waals surface area contributed by atoms with E-state index in [1.54, 1.807) is 0 Å². The van der Waals surface area contributed by atoms with Crippen molar-refractivity contribution in [1.29, 1.82) is 0 Å². The number of hydrogen-bond donors (Lipinski definition) is 2. The quantitative estimate of drug-likeness (QED) is 0.840. The number of benzene rings is 1. The number of aryl methyl sites for hydroxylation is 3. The molecule has 1 amide bonds. The molecule has 0 aromatic heterocycles. The van der Waals surface area contributed by atoms with Crippen LogP contribution in [-0.4, -0.2) is 12.5 Å². The molecule has 0 saturated carbocycles. The molecule has 1 saturated heterocycles. The molecule has 1 heterocycles. The van der Waals surface area contributed by atoms with Crippen LogP contribution in [0.3, 0.4) is 0 Å². The fourth-order valence-corrected chi connectivity index (χ4v) is 3.18. The highest BCUT2D eigenvalue weighted by molar-refractivity contribution is 5.78. The second-order valence-electron chi connectivity index (χ2n) is 5.40. The normalized spacial score (nSPS) is 23.9. The van der Waals surface area contributed by atoms with Gasteiger partial charge in [-0.25, -0.2) is 0 Å². The lowest BCUT2D eigenvalue weighted by molar-refractivity contribution is -0.123. The number of nitrogens with two attached hydrogens (primary N) is 1. The minimum atomic E-state index is -0.188. The summed E-state index contributed by atoms with van der Waals surface area (Å²) in [6.45, 7) is 7.29. The zero-order valence-corrected chi connectivity index (χ0v) is 11.4. The van der Waals surface area contributed by atoms with Crippen LogP contribution in [0.2, 0.25) is 0 Å². The Morgan fingerprint density at radius 2 is 1.89 bits per heavy atom. The van der Waals surface area contributed by atoms with E-state index in [4.69, 9.17) is 5.73 Å². The molecule has 1 aliphatic heterocycles. The average molecular weight is 246 g/mol. The van der Waals surface area contributed by atoms with Crippen LogP contribution >= 0.6 is 0 Å². The van der Waals surface area contributed by atoms with Crippen LogP contribution in [0, 0.1) is 26.7 Å². The highest BCUT2D eigenvalue weighted by atomic mass is 16.1. The molecule has 3 heteroatoms. The monoisotopic (exact) mass is 246 g/mol. The molecule has 1 aromatic rings. The first-order valence-corrected chi connectivity index (χ1v) is 6.61. The third-order valence-electron chi connectivity index (χ3n) is 3.87. The maximum Gasteiger partial charge on any atom is 0.222 e. The van der Waals surface area contributed by atoms with Gasteiger partial charge in [-0.1, -0.05) is 17.7 Å². The molecule has 0 spiro atoms. The lowest BCUT2D eigenvalue weighted by Crippen LogP contribution is -2.41. The highest BCUT2D eigenvalue weighted by Gasteiger charge is 2.31. The Kier molecular flexibility index (Phi) is 3.71. The van der Waals surface area contributed by atoms with E-state index in [9.17, 15) is 4.79 Å². The van der Waals surface area contributed by atoms with Gasteiger partial charge < -0.3 is 11.1 Å². The summed E-state index contributed by atoms with van der Waals surface area (Å²) >= 11 is 0. The molecular formula is C15H22N2O. The Morgan fingerprint density at radius 1 is 1.28 bits per heavy atom. The van der Waals surface area contributed by atoms with Gasteiger partial charge in [0.2, 0.25) is 5.91 Å². The van der Waals surface area contributed by atoms with Crippen molar-refractivity contribution in [2.24, 2.45) is 11.7 Å². The smallest absolute Gasteiger partial charge is 0.222 e. The van der Waals surface area contributed by atoms with Crippen molar-refractivity contribution in [1.82, 2.24) is 5.32 Å². The molecule has 2 atom stereocenters. The van der Waals surface area contributed by atoms with Gasteiger partial charge in [0.25, 0.3) is 0 Å². The number of hydrogen-bond acceptors (Lipinski definition) is 2. The Bertz CT molecular complexity index is 445. The first-order chi connectivity index (χ1) is 8.50. The van der Waals surface area contributed by atoms with Gasteiger partial charge in [-0.3, -0.25) is 4.79 Å². The van der Waals surface area contributed by atoms with Crippen LogP contribution in [0.25, 0.3) is 0 Å². The molecule has 1 fully saturated rings. The Balaban J connectivity index is 2.43. The Labute approximate surface area is 109 Å². The van der Waals surface area contributed by atoms with E-state index < -0.39 is 0 Å². The second-order valence-corrected chi connectivity index (χ2v) is 5.40. The first kappa shape index (κ1) is 13.1. The molecule has 18 heavy (non-hydrogen) atoms. The van der Waals surface area contributed by atoms with Gasteiger partial charge in [0.15, 0.2) is 0 Å². The van der Waals surface area contributed by atoms with Crippen molar-refractivity contribution in [3.05, 3.63) is 34.4 Å². The van der Waals surface area contributed by atoms with E-state index >= 15 is 0 Å². The molecule has 3 nitrogen and oxygen atoms in total. The van der Waals surface area contributed by atoms with Gasteiger partial charge in [0.05, 0.1) is 5.92 Å². The summed E-state index contributed by atoms with van der Waals surface area (Å²) in [5, 5.41) is 3.47. The Hall–Kier alpha value is -1.35. The molecule has 3 N–H and O–H groups in total. The van der Waals surface area contributed by atoms with Gasteiger partial charge >= 0.3 is 0 Å². The third kappa shape index (κ3) is 2.41. The average Bonchev–Trinajstić information content (AvgIpc) is 2.28. The molecule has 98 valence electrons. The predicted molar refractivity (Wildman–Crippen MR) is 73.3 cm³/mol. The van der Waals surface area contributed by atoms with Crippen molar-refractivity contribution < 1.29 is 4.79 Å². The summed E-state index contributed by atoms with van der Waals surface area (Å²) in [5.41, 5.74) is 10.6. The van der Waals surface area contributed by atoms with Crippen LogP contribution in [0.1, 0.15) is 41.1 Å². The van der Waals surface area contributed by atoms with Gasteiger partial charge in [-0.15, -0.1) is 0 Å². The lowest BCUT2D eigenvalue weighted by atomic mass is 9.82. The minimum Gasteiger partial charge on any atom is -0.369 e. The number of nitrogens with one attached hydrogen (secondary N) is 1. The summed E-state index contributed by atoms with van der Waals surface area (Å²) in [6, 6.07) is 4.43. The number of carbonyl (C=O) groups is 1. The SMILES string of the molecule is Cc1cc(C)c(C2NCCCC2C(N)=O)c(C)c1. The minimum absolute atomic E-state index is 0.0804. The maximum absolute atomic E-state index is 11.6. The number of rotatable bonds is 2. The van der Waals surface area contributed by atoms with Crippen LogP contribution in [0.15, 0.2) is 12.1 Å². The number of amides is 1. The predicted octanol–water partition coefficient (Wildman–Crippen LogP) is 2.14. The van der Waals surface area contributed by atoms with Crippen LogP contribution in [0.5, 0.6) is 0 Å². The van der Waals surface area contributed by atoms with E-state index in [1.165, 1.54) is 22.3 Å². The Morgan fingerprint density at radius 3 is 2.44 bits per heavy atom. The fraction of sp³-hybridized carbons (Fsp3) is 0.533. The first-order valence-electron chi connectivity index (χ1n) is 6.61. The van der Waals surface area contributed by atoms with Crippen molar-refractivity contribution in [3.63, 3.8) is 0 Å². The van der Waals surface area contributed by atoms with Crippen LogP contribution < -0.4 is 11.1 Å². The number of piperidine rings is 1. The number of primary amides is 1. The van der Waals surface area contributed by atoms with Gasteiger partial charge in [-0.2, -0.15) is 0 Å². The van der Waals surface area contributed by atoms with Crippen molar-refractivity contribution >= 4 is 5.91 Å². The maximum atomic E-state index is 11.6. The van der Waals surface area contributed by atoms with E-state index in [-0.39, 0.29) is 17.9 Å². The van der Waals surface area contributed by atoms with Gasteiger partial charge in [0.1, 0.15) is 0 Å². The van der Waals surface area contributed by atoms with E-state index in [2.05, 4.69) is 38.2 Å². The largest absolute Gasteiger partial charge is 0.369 e. The second kappa shape index (κ2) is 5.11. The summed E-state index contributed by atoms with van der Waals surface area (Å²) in [7, 11) is 0.